The molecule has 1 N–H and O–H groups in total. The zero-order chi connectivity index (χ0) is 13.7. The number of rotatable bonds is 4. The zero-order valence-corrected chi connectivity index (χ0v) is 11.3. The highest BCUT2D eigenvalue weighted by molar-refractivity contribution is 5.99. The van der Waals surface area contributed by atoms with Crippen LogP contribution in [-0.4, -0.2) is 11.6 Å². The molecule has 0 fully saturated rings. The van der Waals surface area contributed by atoms with Crippen molar-refractivity contribution in [3.63, 3.8) is 0 Å². The van der Waals surface area contributed by atoms with Gasteiger partial charge in [-0.3, -0.25) is 4.79 Å². The molecule has 0 radical (unpaired) electrons. The Kier molecular flexibility index (Phi) is 4.29. The third-order valence-electron chi connectivity index (χ3n) is 2.97. The van der Waals surface area contributed by atoms with Gasteiger partial charge >= 0.3 is 0 Å². The van der Waals surface area contributed by atoms with Crippen LogP contribution in [0.3, 0.4) is 0 Å². The topological polar surface area (TPSA) is 41.5 Å². The first-order valence-corrected chi connectivity index (χ1v) is 6.53. The van der Waals surface area contributed by atoms with Crippen LogP contribution in [0.5, 0.6) is 0 Å². The van der Waals surface area contributed by atoms with Crippen LogP contribution in [0, 0.1) is 0 Å². The Morgan fingerprint density at radius 2 is 1.89 bits per heavy atom. The normalized spacial score (nSPS) is 11.6. The molecule has 0 atom stereocenters. The van der Waals surface area contributed by atoms with Gasteiger partial charge < -0.3 is 0 Å². The summed E-state index contributed by atoms with van der Waals surface area (Å²) in [7, 11) is 0. The zero-order valence-electron chi connectivity index (χ0n) is 11.3. The van der Waals surface area contributed by atoms with Crippen molar-refractivity contribution >= 4 is 22.4 Å². The summed E-state index contributed by atoms with van der Waals surface area (Å²) in [6.07, 6.45) is 1.93. The van der Waals surface area contributed by atoms with E-state index in [4.69, 9.17) is 0 Å². The van der Waals surface area contributed by atoms with Crippen molar-refractivity contribution in [3.8, 4) is 0 Å². The number of carbonyl (C=O) groups excluding carboxylic acids is 1. The summed E-state index contributed by atoms with van der Waals surface area (Å²) in [5, 5.41) is 6.28. The molecule has 0 bridgehead atoms. The third kappa shape index (κ3) is 3.41. The molecule has 0 saturated carbocycles. The number of hydrazone groups is 1. The fourth-order valence-electron chi connectivity index (χ4n) is 1.96. The molecule has 0 unspecified atom stereocenters. The van der Waals surface area contributed by atoms with Gasteiger partial charge in [0.2, 0.25) is 0 Å². The molecule has 2 aromatic carbocycles. The molecule has 0 saturated heterocycles. The van der Waals surface area contributed by atoms with Gasteiger partial charge in [-0.05, 0) is 36.2 Å². The predicted molar refractivity (Wildman–Crippen MR) is 79.4 cm³/mol. The van der Waals surface area contributed by atoms with Crippen molar-refractivity contribution in [1.29, 1.82) is 0 Å². The number of hydrogen-bond donors (Lipinski definition) is 1. The molecule has 3 heteroatoms. The average molecular weight is 254 g/mol. The lowest BCUT2D eigenvalue weighted by Crippen LogP contribution is -2.18. The summed E-state index contributed by atoms with van der Waals surface area (Å²) in [6, 6.07) is 13.6. The van der Waals surface area contributed by atoms with Crippen LogP contribution >= 0.6 is 0 Å². The molecule has 0 aliphatic rings. The van der Waals surface area contributed by atoms with E-state index in [1.165, 1.54) is 0 Å². The standard InChI is InChI=1S/C16H18N2O/c1-3-6-12(2)17-18-16(19)15-10-9-13-7-4-5-8-14(13)11-15/h4-5,7-11H,3,6H2,1-2H3,(H,18,19). The molecule has 2 aromatic rings. The van der Waals surface area contributed by atoms with E-state index in [0.717, 1.165) is 29.3 Å². The lowest BCUT2D eigenvalue weighted by molar-refractivity contribution is 0.0955. The lowest BCUT2D eigenvalue weighted by atomic mass is 10.1. The van der Waals surface area contributed by atoms with Crippen molar-refractivity contribution in [2.75, 3.05) is 0 Å². The van der Waals surface area contributed by atoms with Crippen LogP contribution in [0.15, 0.2) is 47.6 Å². The molecule has 0 aliphatic heterocycles. The minimum absolute atomic E-state index is 0.166. The molecular weight excluding hydrogens is 236 g/mol. The smallest absolute Gasteiger partial charge is 0.267 e. The molecule has 1 amide bonds. The summed E-state index contributed by atoms with van der Waals surface area (Å²) in [4.78, 5) is 12.0. The molecule has 0 spiro atoms. The number of hydrogen-bond acceptors (Lipinski definition) is 2. The van der Waals surface area contributed by atoms with Crippen molar-refractivity contribution in [2.45, 2.75) is 26.7 Å². The number of benzene rings is 2. The summed E-state index contributed by atoms with van der Waals surface area (Å²) in [5.74, 6) is -0.166. The van der Waals surface area contributed by atoms with E-state index in [9.17, 15) is 4.79 Å². The van der Waals surface area contributed by atoms with Crippen LogP contribution in [0.2, 0.25) is 0 Å². The summed E-state index contributed by atoms with van der Waals surface area (Å²) in [5.41, 5.74) is 4.17. The fourth-order valence-corrected chi connectivity index (χ4v) is 1.96. The van der Waals surface area contributed by atoms with Gasteiger partial charge in [0, 0.05) is 11.3 Å². The Hall–Kier alpha value is -2.16. The van der Waals surface area contributed by atoms with E-state index < -0.39 is 0 Å². The molecule has 3 nitrogen and oxygen atoms in total. The molecule has 0 aromatic heterocycles. The highest BCUT2D eigenvalue weighted by Gasteiger charge is 2.05. The number of carbonyl (C=O) groups is 1. The number of nitrogens with zero attached hydrogens (tertiary/aromatic N) is 1. The molecular formula is C16H18N2O. The molecule has 0 heterocycles. The van der Waals surface area contributed by atoms with Crippen molar-refractivity contribution in [3.05, 3.63) is 48.0 Å². The van der Waals surface area contributed by atoms with Crippen molar-refractivity contribution in [1.82, 2.24) is 5.43 Å². The predicted octanol–water partition coefficient (Wildman–Crippen LogP) is 3.75. The molecule has 0 aliphatic carbocycles. The lowest BCUT2D eigenvalue weighted by Gasteiger charge is -2.03. The Labute approximate surface area is 113 Å². The summed E-state index contributed by atoms with van der Waals surface area (Å²) >= 11 is 0. The van der Waals surface area contributed by atoms with Crippen LogP contribution in [0.1, 0.15) is 37.0 Å². The van der Waals surface area contributed by atoms with E-state index in [-0.39, 0.29) is 5.91 Å². The van der Waals surface area contributed by atoms with Crippen molar-refractivity contribution < 1.29 is 4.79 Å². The van der Waals surface area contributed by atoms with Crippen LogP contribution < -0.4 is 5.43 Å². The van der Waals surface area contributed by atoms with Gasteiger partial charge in [0.25, 0.3) is 5.91 Å². The second-order valence-electron chi connectivity index (χ2n) is 4.60. The quantitative estimate of drug-likeness (QED) is 0.655. The highest BCUT2D eigenvalue weighted by atomic mass is 16.2. The van der Waals surface area contributed by atoms with E-state index in [1.54, 1.807) is 0 Å². The van der Waals surface area contributed by atoms with Gasteiger partial charge in [0.05, 0.1) is 0 Å². The highest BCUT2D eigenvalue weighted by Crippen LogP contribution is 2.15. The second kappa shape index (κ2) is 6.14. The van der Waals surface area contributed by atoms with Gasteiger partial charge in [0.15, 0.2) is 0 Å². The first-order valence-electron chi connectivity index (χ1n) is 6.53. The largest absolute Gasteiger partial charge is 0.271 e. The maximum absolute atomic E-state index is 12.0. The maximum atomic E-state index is 12.0. The second-order valence-corrected chi connectivity index (χ2v) is 4.60. The number of fused-ring (bicyclic) bond motifs is 1. The first kappa shape index (κ1) is 13.3. The Balaban J connectivity index is 2.15. The fraction of sp³-hybridized carbons (Fsp3) is 0.250. The first-order chi connectivity index (χ1) is 9.20. The summed E-state index contributed by atoms with van der Waals surface area (Å²) in [6.45, 7) is 4.01. The minimum atomic E-state index is -0.166. The molecule has 2 rings (SSSR count). The Morgan fingerprint density at radius 3 is 2.63 bits per heavy atom. The minimum Gasteiger partial charge on any atom is -0.267 e. The summed E-state index contributed by atoms with van der Waals surface area (Å²) < 4.78 is 0. The van der Waals surface area contributed by atoms with Crippen LogP contribution in [0.25, 0.3) is 10.8 Å². The van der Waals surface area contributed by atoms with Gasteiger partial charge in [-0.25, -0.2) is 5.43 Å². The Morgan fingerprint density at radius 1 is 1.16 bits per heavy atom. The van der Waals surface area contributed by atoms with Crippen LogP contribution in [-0.2, 0) is 0 Å². The number of nitrogens with one attached hydrogen (secondary N) is 1. The van der Waals surface area contributed by atoms with Gasteiger partial charge in [0.1, 0.15) is 0 Å². The van der Waals surface area contributed by atoms with Gasteiger partial charge in [-0.2, -0.15) is 5.10 Å². The molecule has 19 heavy (non-hydrogen) atoms. The van der Waals surface area contributed by atoms with E-state index in [2.05, 4.69) is 17.5 Å². The Bertz CT molecular complexity index is 617. The number of amides is 1. The third-order valence-corrected chi connectivity index (χ3v) is 2.97. The SMILES string of the molecule is CCCC(C)=NNC(=O)c1ccc2ccccc2c1. The van der Waals surface area contributed by atoms with E-state index in [0.29, 0.717) is 5.56 Å². The van der Waals surface area contributed by atoms with E-state index >= 15 is 0 Å². The maximum Gasteiger partial charge on any atom is 0.271 e. The average Bonchev–Trinajstić information content (AvgIpc) is 2.44. The molecule has 98 valence electrons. The van der Waals surface area contributed by atoms with E-state index in [1.807, 2.05) is 49.4 Å². The van der Waals surface area contributed by atoms with Gasteiger partial charge in [-0.15, -0.1) is 0 Å². The van der Waals surface area contributed by atoms with Crippen LogP contribution in [0.4, 0.5) is 0 Å². The van der Waals surface area contributed by atoms with Crippen molar-refractivity contribution in [2.24, 2.45) is 5.10 Å². The van der Waals surface area contributed by atoms with Gasteiger partial charge in [-0.1, -0.05) is 43.7 Å². The monoisotopic (exact) mass is 254 g/mol.